The van der Waals surface area contributed by atoms with Gasteiger partial charge in [0.05, 0.1) is 12.1 Å². The first-order valence-electron chi connectivity index (χ1n) is 8.49. The van der Waals surface area contributed by atoms with Crippen molar-refractivity contribution in [3.63, 3.8) is 0 Å². The molecule has 5 heteroatoms. The van der Waals surface area contributed by atoms with Crippen molar-refractivity contribution in [1.82, 2.24) is 19.7 Å². The molecule has 1 aliphatic carbocycles. The summed E-state index contributed by atoms with van der Waals surface area (Å²) in [6.45, 7) is 5.32. The first-order chi connectivity index (χ1) is 11.2. The zero-order chi connectivity index (χ0) is 15.8. The molecular formula is C18H24N4O. The van der Waals surface area contributed by atoms with Crippen molar-refractivity contribution >= 4 is 0 Å². The number of aliphatic hydroxyl groups excluding tert-OH is 1. The van der Waals surface area contributed by atoms with Crippen LogP contribution in [0.3, 0.4) is 0 Å². The maximum atomic E-state index is 10.5. The van der Waals surface area contributed by atoms with E-state index in [1.165, 1.54) is 11.1 Å². The summed E-state index contributed by atoms with van der Waals surface area (Å²) >= 11 is 0. The Morgan fingerprint density at radius 2 is 2.04 bits per heavy atom. The fraction of sp³-hybridized carbons (Fsp3) is 0.556. The van der Waals surface area contributed by atoms with Gasteiger partial charge in [-0.25, -0.2) is 0 Å². The molecule has 23 heavy (non-hydrogen) atoms. The lowest BCUT2D eigenvalue weighted by molar-refractivity contribution is 0.0306. The summed E-state index contributed by atoms with van der Waals surface area (Å²) in [5.41, 5.74) is 2.62. The molecule has 1 saturated carbocycles. The van der Waals surface area contributed by atoms with Crippen LogP contribution in [0.25, 0.3) is 0 Å². The lowest BCUT2D eigenvalue weighted by atomic mass is 9.77. The Hall–Kier alpha value is -1.72. The topological polar surface area (TPSA) is 54.2 Å². The van der Waals surface area contributed by atoms with Crippen LogP contribution in [-0.4, -0.2) is 44.0 Å². The zero-order valence-electron chi connectivity index (χ0n) is 13.5. The summed E-state index contributed by atoms with van der Waals surface area (Å²) in [4.78, 5) is 6.78. The van der Waals surface area contributed by atoms with Gasteiger partial charge in [-0.05, 0) is 54.9 Å². The minimum Gasteiger partial charge on any atom is -0.391 e. The van der Waals surface area contributed by atoms with E-state index in [-0.39, 0.29) is 12.1 Å². The number of aliphatic hydroxyl groups is 1. The number of fused-ring (bicyclic) bond motifs is 1. The van der Waals surface area contributed by atoms with Crippen molar-refractivity contribution in [2.75, 3.05) is 13.1 Å². The number of aryl methyl sites for hydroxylation is 1. The van der Waals surface area contributed by atoms with Crippen LogP contribution in [0.2, 0.25) is 0 Å². The Morgan fingerprint density at radius 1 is 1.22 bits per heavy atom. The molecule has 0 spiro atoms. The van der Waals surface area contributed by atoms with Gasteiger partial charge < -0.3 is 5.11 Å². The van der Waals surface area contributed by atoms with Crippen LogP contribution in [0, 0.1) is 18.8 Å². The molecule has 5 nitrogen and oxygen atoms in total. The van der Waals surface area contributed by atoms with Crippen LogP contribution in [0.15, 0.2) is 36.9 Å². The van der Waals surface area contributed by atoms with Gasteiger partial charge in [0.1, 0.15) is 0 Å². The monoisotopic (exact) mass is 312 g/mol. The van der Waals surface area contributed by atoms with E-state index in [9.17, 15) is 5.11 Å². The predicted octanol–water partition coefficient (Wildman–Crippen LogP) is 2.03. The van der Waals surface area contributed by atoms with E-state index in [0.29, 0.717) is 11.8 Å². The molecule has 0 bridgehead atoms. The number of likely N-dealkylation sites (tertiary alicyclic amines) is 1. The molecule has 1 N–H and O–H groups in total. The van der Waals surface area contributed by atoms with Crippen molar-refractivity contribution < 1.29 is 5.11 Å². The summed E-state index contributed by atoms with van der Waals surface area (Å²) in [6.07, 6.45) is 9.24. The minimum atomic E-state index is -0.281. The molecular weight excluding hydrogens is 288 g/mol. The molecule has 2 aromatic heterocycles. The molecule has 0 unspecified atom stereocenters. The van der Waals surface area contributed by atoms with E-state index in [1.807, 2.05) is 29.3 Å². The van der Waals surface area contributed by atoms with Crippen LogP contribution in [0.4, 0.5) is 0 Å². The molecule has 122 valence electrons. The maximum absolute atomic E-state index is 10.5. The molecule has 1 aliphatic heterocycles. The average molecular weight is 312 g/mol. The molecule has 2 aromatic rings. The molecule has 4 atom stereocenters. The second-order valence-electron chi connectivity index (χ2n) is 7.11. The Labute approximate surface area is 137 Å². The second-order valence-corrected chi connectivity index (χ2v) is 7.11. The summed E-state index contributed by atoms with van der Waals surface area (Å²) in [7, 11) is 0. The third kappa shape index (κ3) is 2.91. The first kappa shape index (κ1) is 14.8. The average Bonchev–Trinajstić information content (AvgIpc) is 3.17. The Balaban J connectivity index is 1.44. The molecule has 1 saturated heterocycles. The number of rotatable bonds is 3. The van der Waals surface area contributed by atoms with Gasteiger partial charge in [-0.2, -0.15) is 5.10 Å². The van der Waals surface area contributed by atoms with Gasteiger partial charge in [0.2, 0.25) is 0 Å². The molecule has 3 heterocycles. The molecule has 2 fully saturated rings. The number of aromatic nitrogens is 3. The third-order valence-corrected chi connectivity index (χ3v) is 5.59. The van der Waals surface area contributed by atoms with Gasteiger partial charge in [0, 0.05) is 44.4 Å². The predicted molar refractivity (Wildman–Crippen MR) is 87.7 cm³/mol. The highest BCUT2D eigenvalue weighted by atomic mass is 16.3. The first-order valence-corrected chi connectivity index (χ1v) is 8.49. The van der Waals surface area contributed by atoms with E-state index < -0.39 is 0 Å². The summed E-state index contributed by atoms with van der Waals surface area (Å²) in [5.74, 6) is 1.26. The van der Waals surface area contributed by atoms with Gasteiger partial charge in [0.25, 0.3) is 0 Å². The Morgan fingerprint density at radius 3 is 2.78 bits per heavy atom. The van der Waals surface area contributed by atoms with E-state index in [0.717, 1.165) is 32.5 Å². The van der Waals surface area contributed by atoms with Gasteiger partial charge in [-0.15, -0.1) is 0 Å². The van der Waals surface area contributed by atoms with Crippen LogP contribution >= 0.6 is 0 Å². The highest BCUT2D eigenvalue weighted by Crippen LogP contribution is 2.41. The van der Waals surface area contributed by atoms with Crippen LogP contribution in [0.5, 0.6) is 0 Å². The van der Waals surface area contributed by atoms with Gasteiger partial charge in [0.15, 0.2) is 0 Å². The fourth-order valence-electron chi connectivity index (χ4n) is 4.30. The van der Waals surface area contributed by atoms with Gasteiger partial charge >= 0.3 is 0 Å². The fourth-order valence-corrected chi connectivity index (χ4v) is 4.30. The van der Waals surface area contributed by atoms with Crippen LogP contribution in [0.1, 0.15) is 30.0 Å². The second kappa shape index (κ2) is 6.06. The lowest BCUT2D eigenvalue weighted by Gasteiger charge is -2.35. The molecule has 4 rings (SSSR count). The highest BCUT2D eigenvalue weighted by molar-refractivity contribution is 5.21. The normalized spacial score (nSPS) is 31.2. The zero-order valence-corrected chi connectivity index (χ0v) is 13.5. The van der Waals surface area contributed by atoms with Gasteiger partial charge in [-0.3, -0.25) is 14.6 Å². The Kier molecular flexibility index (Phi) is 3.91. The minimum absolute atomic E-state index is 0.131. The molecule has 2 aliphatic rings. The van der Waals surface area contributed by atoms with Crippen molar-refractivity contribution in [3.05, 3.63) is 48.0 Å². The maximum Gasteiger partial charge on any atom is 0.0781 e. The summed E-state index contributed by atoms with van der Waals surface area (Å²) in [6, 6.07) is 4.15. The van der Waals surface area contributed by atoms with E-state index in [2.05, 4.69) is 28.0 Å². The highest BCUT2D eigenvalue weighted by Gasteiger charge is 2.42. The van der Waals surface area contributed by atoms with Crippen LogP contribution in [-0.2, 0) is 6.54 Å². The summed E-state index contributed by atoms with van der Waals surface area (Å²) < 4.78 is 1.94. The standard InChI is InChI=1S/C18H24N4O/c1-13-3-5-19-9-16(13)12-21-10-14-7-17(22-6-2-4-20-22)18(23)8-15(14)11-21/h2-6,9,14-15,17-18,23H,7-8,10-12H2,1H3/t14-,15+,17-,18-/m0/s1. The summed E-state index contributed by atoms with van der Waals surface area (Å²) in [5, 5.41) is 14.9. The molecule has 0 aromatic carbocycles. The lowest BCUT2D eigenvalue weighted by Crippen LogP contribution is -2.36. The Bertz CT molecular complexity index is 657. The molecule has 0 radical (unpaired) electrons. The van der Waals surface area contributed by atoms with E-state index in [1.54, 1.807) is 6.20 Å². The SMILES string of the molecule is Cc1ccncc1CN1C[C@H]2C[C@H](O)[C@@H](n3cccn3)C[C@H]2C1. The van der Waals surface area contributed by atoms with E-state index >= 15 is 0 Å². The number of nitrogens with zero attached hydrogens (tertiary/aromatic N) is 4. The molecule has 0 amide bonds. The smallest absolute Gasteiger partial charge is 0.0781 e. The van der Waals surface area contributed by atoms with Gasteiger partial charge in [-0.1, -0.05) is 0 Å². The van der Waals surface area contributed by atoms with Crippen molar-refractivity contribution in [2.24, 2.45) is 11.8 Å². The van der Waals surface area contributed by atoms with E-state index in [4.69, 9.17) is 0 Å². The third-order valence-electron chi connectivity index (χ3n) is 5.59. The number of pyridine rings is 1. The quantitative estimate of drug-likeness (QED) is 0.942. The van der Waals surface area contributed by atoms with Crippen LogP contribution < -0.4 is 0 Å². The number of hydrogen-bond donors (Lipinski definition) is 1. The van der Waals surface area contributed by atoms with Crippen molar-refractivity contribution in [1.29, 1.82) is 0 Å². The van der Waals surface area contributed by atoms with Crippen molar-refractivity contribution in [3.8, 4) is 0 Å². The van der Waals surface area contributed by atoms with Crippen molar-refractivity contribution in [2.45, 2.75) is 38.5 Å². The number of hydrogen-bond acceptors (Lipinski definition) is 4. The largest absolute Gasteiger partial charge is 0.391 e.